The fraction of sp³-hybridized carbons (Fsp3) is 0.333. The molecule has 0 aliphatic rings. The van der Waals surface area contributed by atoms with Gasteiger partial charge < -0.3 is 15.0 Å². The maximum absolute atomic E-state index is 13.6. The number of aryl methyl sites for hydroxylation is 3. The van der Waals surface area contributed by atoms with Crippen molar-refractivity contribution in [1.82, 2.24) is 14.9 Å². The highest BCUT2D eigenvalue weighted by molar-refractivity contribution is 5.82. The lowest BCUT2D eigenvalue weighted by Gasteiger charge is -2.25. The third-order valence-corrected chi connectivity index (χ3v) is 6.42. The molecule has 194 valence electrons. The number of pyridine rings is 2. The van der Waals surface area contributed by atoms with Crippen LogP contribution in [0.15, 0.2) is 60.2 Å². The first-order valence-electron chi connectivity index (χ1n) is 12.4. The zero-order valence-corrected chi connectivity index (χ0v) is 22.1. The van der Waals surface area contributed by atoms with Crippen molar-refractivity contribution in [3.8, 4) is 11.1 Å². The highest BCUT2D eigenvalue weighted by Crippen LogP contribution is 2.32. The largest absolute Gasteiger partial charge is 0.481 e. The van der Waals surface area contributed by atoms with Crippen molar-refractivity contribution in [2.24, 2.45) is 5.92 Å². The van der Waals surface area contributed by atoms with Gasteiger partial charge in [-0.15, -0.1) is 0 Å². The predicted molar refractivity (Wildman–Crippen MR) is 146 cm³/mol. The van der Waals surface area contributed by atoms with E-state index in [2.05, 4.69) is 16.9 Å². The van der Waals surface area contributed by atoms with E-state index in [1.165, 1.54) is 10.6 Å². The monoisotopic (exact) mass is 501 g/mol. The molecule has 1 aromatic carbocycles. The van der Waals surface area contributed by atoms with Crippen molar-refractivity contribution in [2.45, 2.75) is 59.5 Å². The van der Waals surface area contributed by atoms with Crippen molar-refractivity contribution < 1.29 is 14.7 Å². The SMILES string of the molecule is C=Cc1ncc([C@@H](CC(=O)O)NC(=O)[C@H](CC(C)C)n2ccc(C)cc2=O)cc1-c1c(C)cccc1C. The quantitative estimate of drug-likeness (QED) is 0.387. The fourth-order valence-electron chi connectivity index (χ4n) is 4.62. The molecular formula is C30H35N3O4. The molecule has 0 spiro atoms. The lowest BCUT2D eigenvalue weighted by atomic mass is 9.92. The second kappa shape index (κ2) is 11.8. The minimum absolute atomic E-state index is 0.131. The van der Waals surface area contributed by atoms with Crippen LogP contribution >= 0.6 is 0 Å². The van der Waals surface area contributed by atoms with Crippen LogP contribution in [0.25, 0.3) is 17.2 Å². The zero-order valence-electron chi connectivity index (χ0n) is 22.1. The molecule has 0 saturated heterocycles. The Hall–Kier alpha value is -4.00. The average Bonchev–Trinajstić information content (AvgIpc) is 2.82. The Morgan fingerprint density at radius 2 is 1.81 bits per heavy atom. The maximum atomic E-state index is 13.6. The first-order chi connectivity index (χ1) is 17.5. The van der Waals surface area contributed by atoms with Crippen LogP contribution in [0.5, 0.6) is 0 Å². The third kappa shape index (κ3) is 6.61. The van der Waals surface area contributed by atoms with Crippen LogP contribution in [0.2, 0.25) is 0 Å². The van der Waals surface area contributed by atoms with Gasteiger partial charge in [-0.2, -0.15) is 0 Å². The van der Waals surface area contributed by atoms with Gasteiger partial charge in [0.1, 0.15) is 6.04 Å². The highest BCUT2D eigenvalue weighted by atomic mass is 16.4. The van der Waals surface area contributed by atoms with Gasteiger partial charge in [-0.25, -0.2) is 0 Å². The van der Waals surface area contributed by atoms with Gasteiger partial charge in [0, 0.05) is 24.0 Å². The molecule has 0 bridgehead atoms. The van der Waals surface area contributed by atoms with E-state index in [-0.39, 0.29) is 17.9 Å². The van der Waals surface area contributed by atoms with Crippen molar-refractivity contribution >= 4 is 18.0 Å². The number of aliphatic carboxylic acids is 1. The Morgan fingerprint density at radius 1 is 1.14 bits per heavy atom. The molecule has 7 nitrogen and oxygen atoms in total. The van der Waals surface area contributed by atoms with Crippen LogP contribution in [-0.2, 0) is 9.59 Å². The van der Waals surface area contributed by atoms with E-state index < -0.39 is 24.0 Å². The van der Waals surface area contributed by atoms with E-state index in [0.29, 0.717) is 17.7 Å². The molecule has 37 heavy (non-hydrogen) atoms. The Labute approximate surface area is 217 Å². The second-order valence-electron chi connectivity index (χ2n) is 9.93. The van der Waals surface area contributed by atoms with Crippen LogP contribution in [-0.4, -0.2) is 26.5 Å². The topological polar surface area (TPSA) is 101 Å². The van der Waals surface area contributed by atoms with E-state index in [9.17, 15) is 19.5 Å². The number of nitrogens with zero attached hydrogens (tertiary/aromatic N) is 2. The molecular weight excluding hydrogens is 466 g/mol. The molecule has 2 N–H and O–H groups in total. The second-order valence-corrected chi connectivity index (χ2v) is 9.93. The number of aromatic nitrogens is 2. The van der Waals surface area contributed by atoms with Gasteiger partial charge >= 0.3 is 5.97 Å². The van der Waals surface area contributed by atoms with E-state index in [1.54, 1.807) is 24.5 Å². The van der Waals surface area contributed by atoms with Crippen molar-refractivity contribution in [3.05, 3.63) is 93.7 Å². The van der Waals surface area contributed by atoms with Gasteiger partial charge in [0.05, 0.1) is 18.2 Å². The number of carboxylic acids is 1. The molecule has 0 aliphatic heterocycles. The van der Waals surface area contributed by atoms with Gasteiger partial charge in [-0.1, -0.05) is 38.6 Å². The van der Waals surface area contributed by atoms with E-state index >= 15 is 0 Å². The molecule has 0 saturated carbocycles. The molecule has 3 rings (SSSR count). The number of amides is 1. The summed E-state index contributed by atoms with van der Waals surface area (Å²) < 4.78 is 1.42. The number of hydrogen-bond acceptors (Lipinski definition) is 4. The smallest absolute Gasteiger partial charge is 0.305 e. The standard InChI is InChI=1S/C30H35N3O4/c1-7-24-23(29-20(5)9-8-10-21(29)6)15-22(17-31-24)25(16-28(35)36)32-30(37)26(13-18(2)3)33-12-11-19(4)14-27(33)34/h7-12,14-15,17-18,25-26H,1,13,16H2,2-6H3,(H,32,37)(H,35,36)/t25-,26+/m1/s1. The Kier molecular flexibility index (Phi) is 8.81. The summed E-state index contributed by atoms with van der Waals surface area (Å²) in [5.41, 5.74) is 5.69. The number of carbonyl (C=O) groups is 2. The summed E-state index contributed by atoms with van der Waals surface area (Å²) in [4.78, 5) is 42.6. The zero-order chi connectivity index (χ0) is 27.3. The van der Waals surface area contributed by atoms with Crippen LogP contribution in [0.1, 0.15) is 66.7 Å². The summed E-state index contributed by atoms with van der Waals surface area (Å²) in [7, 11) is 0. The summed E-state index contributed by atoms with van der Waals surface area (Å²) in [5.74, 6) is -1.34. The number of nitrogens with one attached hydrogen (secondary N) is 1. The highest BCUT2D eigenvalue weighted by Gasteiger charge is 2.27. The fourth-order valence-corrected chi connectivity index (χ4v) is 4.62. The van der Waals surface area contributed by atoms with E-state index in [1.807, 2.05) is 58.9 Å². The predicted octanol–water partition coefficient (Wildman–Crippen LogP) is 5.40. The molecule has 0 radical (unpaired) electrons. The summed E-state index contributed by atoms with van der Waals surface area (Å²) in [6, 6.07) is 9.54. The van der Waals surface area contributed by atoms with Gasteiger partial charge in [0.25, 0.3) is 5.56 Å². The lowest BCUT2D eigenvalue weighted by Crippen LogP contribution is -2.40. The summed E-state index contributed by atoms with van der Waals surface area (Å²) >= 11 is 0. The molecule has 2 atom stereocenters. The molecule has 2 aromatic heterocycles. The Bertz CT molecular complexity index is 1350. The van der Waals surface area contributed by atoms with Gasteiger partial charge in [-0.3, -0.25) is 19.4 Å². The minimum atomic E-state index is -1.06. The van der Waals surface area contributed by atoms with Crippen molar-refractivity contribution in [2.75, 3.05) is 0 Å². The number of carbonyl (C=O) groups excluding carboxylic acids is 1. The van der Waals surface area contributed by atoms with E-state index in [4.69, 9.17) is 0 Å². The van der Waals surface area contributed by atoms with Gasteiger partial charge in [0.2, 0.25) is 5.91 Å². The van der Waals surface area contributed by atoms with Crippen LogP contribution < -0.4 is 10.9 Å². The van der Waals surface area contributed by atoms with Crippen LogP contribution in [0, 0.1) is 26.7 Å². The normalized spacial score (nSPS) is 12.7. The van der Waals surface area contributed by atoms with Crippen LogP contribution in [0.3, 0.4) is 0 Å². The summed E-state index contributed by atoms with van der Waals surface area (Å²) in [6.45, 7) is 13.7. The van der Waals surface area contributed by atoms with Crippen molar-refractivity contribution in [3.63, 3.8) is 0 Å². The van der Waals surface area contributed by atoms with Crippen LogP contribution in [0.4, 0.5) is 0 Å². The molecule has 2 heterocycles. The van der Waals surface area contributed by atoms with E-state index in [0.717, 1.165) is 27.8 Å². The Balaban J connectivity index is 2.06. The summed E-state index contributed by atoms with van der Waals surface area (Å²) in [5, 5.41) is 12.6. The number of carboxylic acid groups (broad SMARTS) is 1. The number of benzene rings is 1. The minimum Gasteiger partial charge on any atom is -0.481 e. The first kappa shape index (κ1) is 27.6. The number of hydrogen-bond donors (Lipinski definition) is 2. The molecule has 3 aromatic rings. The molecule has 0 aliphatic carbocycles. The molecule has 0 unspecified atom stereocenters. The lowest BCUT2D eigenvalue weighted by molar-refractivity contribution is -0.138. The third-order valence-electron chi connectivity index (χ3n) is 6.42. The Morgan fingerprint density at radius 3 is 2.38 bits per heavy atom. The van der Waals surface area contributed by atoms with Gasteiger partial charge in [0.15, 0.2) is 0 Å². The molecule has 1 amide bonds. The number of rotatable bonds is 10. The first-order valence-corrected chi connectivity index (χ1v) is 12.4. The average molecular weight is 502 g/mol. The van der Waals surface area contributed by atoms with Gasteiger partial charge in [-0.05, 0) is 79.1 Å². The molecule has 7 heteroatoms. The van der Waals surface area contributed by atoms with Crippen molar-refractivity contribution in [1.29, 1.82) is 0 Å². The molecule has 0 fully saturated rings. The maximum Gasteiger partial charge on any atom is 0.305 e. The summed E-state index contributed by atoms with van der Waals surface area (Å²) in [6.07, 6.45) is 4.96.